The first-order valence-electron chi connectivity index (χ1n) is 14.4. The van der Waals surface area contributed by atoms with Crippen molar-refractivity contribution in [2.24, 2.45) is 0 Å². The monoisotopic (exact) mass is 562 g/mol. The number of nitrogen functional groups attached to an aromatic ring is 1. The molecule has 0 aliphatic rings. The number of nitrogens with two attached hydrogens (primary N) is 1. The van der Waals surface area contributed by atoms with Gasteiger partial charge in [0, 0.05) is 16.8 Å². The highest BCUT2D eigenvalue weighted by atomic mass is 16.3. The number of amides is 1. The zero-order valence-electron chi connectivity index (χ0n) is 24.3. The molecule has 1 amide bonds. The third-order valence-corrected chi connectivity index (χ3v) is 8.26. The Bertz CT molecular complexity index is 1860. The molecule has 0 aromatic heterocycles. The third kappa shape index (κ3) is 5.60. The minimum atomic E-state index is -0.566. The van der Waals surface area contributed by atoms with E-state index in [1.165, 1.54) is 11.1 Å². The minimum absolute atomic E-state index is 0.0515. The van der Waals surface area contributed by atoms with Crippen molar-refractivity contribution in [1.82, 2.24) is 0 Å². The van der Waals surface area contributed by atoms with E-state index in [0.29, 0.717) is 12.1 Å². The van der Waals surface area contributed by atoms with Crippen LogP contribution in [0.1, 0.15) is 43.7 Å². The van der Waals surface area contributed by atoms with Crippen molar-refractivity contribution >= 4 is 28.1 Å². The molecule has 0 aliphatic heterocycles. The molecule has 43 heavy (non-hydrogen) atoms. The van der Waals surface area contributed by atoms with Crippen molar-refractivity contribution in [3.63, 3.8) is 0 Å². The van der Waals surface area contributed by atoms with Crippen molar-refractivity contribution < 1.29 is 9.90 Å². The van der Waals surface area contributed by atoms with Crippen LogP contribution in [0, 0.1) is 13.8 Å². The normalized spacial score (nSPS) is 11.4. The number of phenols is 1. The van der Waals surface area contributed by atoms with Gasteiger partial charge in [0.05, 0.1) is 5.56 Å². The summed E-state index contributed by atoms with van der Waals surface area (Å²) < 4.78 is 0. The maximum Gasteiger partial charge on any atom is 0.259 e. The number of nitrogens with one attached hydrogen (secondary N) is 1. The fourth-order valence-electron chi connectivity index (χ4n) is 5.90. The molecule has 0 spiro atoms. The van der Waals surface area contributed by atoms with E-state index >= 15 is 0 Å². The van der Waals surface area contributed by atoms with Crippen LogP contribution in [0.5, 0.6) is 5.75 Å². The number of carbonyl (C=O) groups excluding carboxylic acids is 1. The molecule has 4 N–H and O–H groups in total. The van der Waals surface area contributed by atoms with Crippen LogP contribution in [-0.4, -0.2) is 11.0 Å². The lowest BCUT2D eigenvalue weighted by Gasteiger charge is -2.37. The number of hydrogen-bond donors (Lipinski definition) is 3. The molecule has 0 radical (unpaired) electrons. The van der Waals surface area contributed by atoms with Crippen LogP contribution in [-0.2, 0) is 11.8 Å². The Balaban J connectivity index is 1.48. The van der Waals surface area contributed by atoms with Gasteiger partial charge in [-0.05, 0) is 89.7 Å². The van der Waals surface area contributed by atoms with E-state index in [1.807, 2.05) is 54.6 Å². The molecule has 6 rings (SSSR count). The SMILES string of the molecule is Cc1ccc(C(Cc2ccc(N)cc2)(c2ccc(C)cc2)c2cccc(NC(=O)c3cc4ccccc4cc3O)c2)cc1. The molecule has 6 aromatic rings. The molecule has 0 unspecified atom stereocenters. The molecule has 6 aromatic carbocycles. The Kier molecular flexibility index (Phi) is 7.43. The van der Waals surface area contributed by atoms with Crippen LogP contribution in [0.25, 0.3) is 10.8 Å². The fraction of sp³-hybridized carbons (Fsp3) is 0.103. The second-order valence-electron chi connectivity index (χ2n) is 11.3. The molecule has 212 valence electrons. The highest BCUT2D eigenvalue weighted by Crippen LogP contribution is 2.43. The topological polar surface area (TPSA) is 75.3 Å². The summed E-state index contributed by atoms with van der Waals surface area (Å²) in [5.74, 6) is -0.417. The molecule has 0 atom stereocenters. The first-order chi connectivity index (χ1) is 20.8. The van der Waals surface area contributed by atoms with Gasteiger partial charge >= 0.3 is 0 Å². The predicted molar refractivity (Wildman–Crippen MR) is 177 cm³/mol. The predicted octanol–water partition coefficient (Wildman–Crippen LogP) is 8.57. The zero-order chi connectivity index (χ0) is 30.0. The highest BCUT2D eigenvalue weighted by molar-refractivity contribution is 6.08. The van der Waals surface area contributed by atoms with Crippen LogP contribution in [0.3, 0.4) is 0 Å². The van der Waals surface area contributed by atoms with Crippen molar-refractivity contribution in [3.8, 4) is 5.75 Å². The Morgan fingerprint density at radius 3 is 1.86 bits per heavy atom. The minimum Gasteiger partial charge on any atom is -0.507 e. The smallest absolute Gasteiger partial charge is 0.259 e. The maximum atomic E-state index is 13.5. The van der Waals surface area contributed by atoms with Crippen LogP contribution < -0.4 is 11.1 Å². The van der Waals surface area contributed by atoms with E-state index in [1.54, 1.807) is 12.1 Å². The van der Waals surface area contributed by atoms with Gasteiger partial charge in [0.15, 0.2) is 0 Å². The Morgan fingerprint density at radius 1 is 0.674 bits per heavy atom. The number of hydrogen-bond acceptors (Lipinski definition) is 3. The van der Waals surface area contributed by atoms with Crippen LogP contribution in [0.15, 0.2) is 133 Å². The number of benzene rings is 6. The van der Waals surface area contributed by atoms with E-state index in [0.717, 1.165) is 38.7 Å². The summed E-state index contributed by atoms with van der Waals surface area (Å²) in [6.07, 6.45) is 0.683. The molecule has 4 heteroatoms. The van der Waals surface area contributed by atoms with E-state index < -0.39 is 5.41 Å². The summed E-state index contributed by atoms with van der Waals surface area (Å²) in [6, 6.07) is 44.5. The van der Waals surface area contributed by atoms with Crippen molar-refractivity contribution in [3.05, 3.63) is 172 Å². The second kappa shape index (κ2) is 11.5. The Hall–Kier alpha value is -5.35. The summed E-state index contributed by atoms with van der Waals surface area (Å²) in [4.78, 5) is 13.5. The molecule has 0 saturated carbocycles. The van der Waals surface area contributed by atoms with Crippen molar-refractivity contribution in [2.45, 2.75) is 25.7 Å². The third-order valence-electron chi connectivity index (χ3n) is 8.26. The molecule has 0 bridgehead atoms. The van der Waals surface area contributed by atoms with Gasteiger partial charge in [0.2, 0.25) is 0 Å². The lowest BCUT2D eigenvalue weighted by molar-refractivity contribution is 0.102. The maximum absolute atomic E-state index is 13.5. The largest absolute Gasteiger partial charge is 0.507 e. The molecule has 0 saturated heterocycles. The molecular weight excluding hydrogens is 528 g/mol. The number of fused-ring (bicyclic) bond motifs is 1. The fourth-order valence-corrected chi connectivity index (χ4v) is 5.90. The van der Waals surface area contributed by atoms with Gasteiger partial charge < -0.3 is 16.2 Å². The Labute approximate surface area is 252 Å². The molecular formula is C39H34N2O2. The summed E-state index contributed by atoms with van der Waals surface area (Å²) in [7, 11) is 0. The van der Waals surface area contributed by atoms with Crippen molar-refractivity contribution in [2.75, 3.05) is 11.1 Å². The number of aryl methyl sites for hydroxylation is 2. The highest BCUT2D eigenvalue weighted by Gasteiger charge is 2.37. The number of anilines is 2. The lowest BCUT2D eigenvalue weighted by Crippen LogP contribution is -2.32. The summed E-state index contributed by atoms with van der Waals surface area (Å²) >= 11 is 0. The van der Waals surface area contributed by atoms with E-state index in [9.17, 15) is 9.90 Å². The molecule has 0 fully saturated rings. The van der Waals surface area contributed by atoms with Gasteiger partial charge in [-0.25, -0.2) is 0 Å². The van der Waals surface area contributed by atoms with Gasteiger partial charge in [-0.2, -0.15) is 0 Å². The van der Waals surface area contributed by atoms with Gasteiger partial charge in [0.1, 0.15) is 5.75 Å². The standard InChI is InChI=1S/C39H34N2O2/c1-26-10-16-31(17-11-26)39(32-18-12-27(2)13-19-32,25-28-14-20-34(40)21-15-28)33-8-5-9-35(24-33)41-38(43)36-22-29-6-3-4-7-30(29)23-37(36)42/h3-24,42H,25,40H2,1-2H3,(H,41,43). The number of carbonyl (C=O) groups is 1. The van der Waals surface area contributed by atoms with Crippen LogP contribution >= 0.6 is 0 Å². The number of aromatic hydroxyl groups is 1. The lowest BCUT2D eigenvalue weighted by atomic mass is 9.66. The Morgan fingerprint density at radius 2 is 1.26 bits per heavy atom. The summed E-state index contributed by atoms with van der Waals surface area (Å²) in [5, 5.41) is 15.5. The van der Waals surface area contributed by atoms with Crippen LogP contribution in [0.2, 0.25) is 0 Å². The average molecular weight is 563 g/mol. The first-order valence-corrected chi connectivity index (χ1v) is 14.4. The summed E-state index contributed by atoms with van der Waals surface area (Å²) in [5.41, 5.74) is 13.9. The van der Waals surface area contributed by atoms with E-state index in [-0.39, 0.29) is 17.2 Å². The van der Waals surface area contributed by atoms with E-state index in [4.69, 9.17) is 5.73 Å². The van der Waals surface area contributed by atoms with Gasteiger partial charge in [0.25, 0.3) is 5.91 Å². The molecule has 0 heterocycles. The van der Waals surface area contributed by atoms with E-state index in [2.05, 4.69) is 85.9 Å². The van der Waals surface area contributed by atoms with Gasteiger partial charge in [-0.3, -0.25) is 4.79 Å². The van der Waals surface area contributed by atoms with Gasteiger partial charge in [-0.1, -0.05) is 108 Å². The van der Waals surface area contributed by atoms with Crippen molar-refractivity contribution in [1.29, 1.82) is 0 Å². The second-order valence-corrected chi connectivity index (χ2v) is 11.3. The quantitative estimate of drug-likeness (QED) is 0.135. The van der Waals surface area contributed by atoms with Crippen LogP contribution in [0.4, 0.5) is 11.4 Å². The molecule has 4 nitrogen and oxygen atoms in total. The summed E-state index contributed by atoms with van der Waals surface area (Å²) in [6.45, 7) is 4.19. The zero-order valence-corrected chi connectivity index (χ0v) is 24.3. The van der Waals surface area contributed by atoms with Gasteiger partial charge in [-0.15, -0.1) is 0 Å². The average Bonchev–Trinajstić information content (AvgIpc) is 3.01. The number of phenolic OH excluding ortho intramolecular Hbond substituents is 1. The first kappa shape index (κ1) is 27.8. The number of rotatable bonds is 7. The molecule has 0 aliphatic carbocycles.